The van der Waals surface area contributed by atoms with Crippen molar-refractivity contribution in [1.29, 1.82) is 0 Å². The van der Waals surface area contributed by atoms with Crippen LogP contribution >= 0.6 is 22.7 Å². The largest absolute Gasteiger partial charge is 1.00 e. The third-order valence-corrected chi connectivity index (χ3v) is 10.8. The molecule has 1 aliphatic rings. The molecule has 0 saturated heterocycles. The Kier molecular flexibility index (Phi) is 10.9. The SMILES string of the molecule is Cc1sc(-c2ccc(S(=O)(=O)[O-])cc2)cc1C1=C(c2cc(-c3ccc(S(=O)(=O)[O-])cc3)sc2C)C(F)(F)C(F)(F)C1(F)F.[Na+].[Na+]. The smallest absolute Gasteiger partial charge is 0.744 e. The Bertz CT molecular complexity index is 1880. The van der Waals surface area contributed by atoms with Crippen molar-refractivity contribution in [1.82, 2.24) is 0 Å². The van der Waals surface area contributed by atoms with Crippen LogP contribution in [0.4, 0.5) is 26.3 Å². The summed E-state index contributed by atoms with van der Waals surface area (Å²) < 4.78 is 159. The van der Waals surface area contributed by atoms with E-state index in [0.717, 1.165) is 59.1 Å². The minimum Gasteiger partial charge on any atom is -0.744 e. The Balaban J connectivity index is 0.00000276. The quantitative estimate of drug-likeness (QED) is 0.169. The molecule has 0 radical (unpaired) electrons. The van der Waals surface area contributed by atoms with Gasteiger partial charge in [-0.15, -0.1) is 22.7 Å². The minimum absolute atomic E-state index is 0. The Morgan fingerprint density at radius 3 is 1.13 bits per heavy atom. The average molecular weight is 725 g/mol. The second kappa shape index (κ2) is 12.8. The van der Waals surface area contributed by atoms with Gasteiger partial charge in [0.15, 0.2) is 0 Å². The van der Waals surface area contributed by atoms with E-state index in [1.165, 1.54) is 38.1 Å². The molecule has 18 heteroatoms. The molecule has 0 unspecified atom stereocenters. The van der Waals surface area contributed by atoms with Crippen molar-refractivity contribution in [2.24, 2.45) is 0 Å². The predicted molar refractivity (Wildman–Crippen MR) is 147 cm³/mol. The Labute approximate surface area is 306 Å². The number of benzene rings is 2. The van der Waals surface area contributed by atoms with Crippen LogP contribution in [0, 0.1) is 13.8 Å². The zero-order valence-electron chi connectivity index (χ0n) is 23.6. The van der Waals surface area contributed by atoms with E-state index in [1.807, 2.05) is 0 Å². The van der Waals surface area contributed by atoms with Crippen LogP contribution in [0.2, 0.25) is 0 Å². The summed E-state index contributed by atoms with van der Waals surface area (Å²) in [6.45, 7) is 2.57. The molecular weight excluding hydrogens is 709 g/mol. The van der Waals surface area contributed by atoms with Crippen LogP contribution in [0.1, 0.15) is 20.9 Å². The van der Waals surface area contributed by atoms with E-state index >= 15 is 17.6 Å². The molecular formula is C27H16F6Na2O6S4. The van der Waals surface area contributed by atoms with E-state index in [1.54, 1.807) is 0 Å². The third kappa shape index (κ3) is 6.55. The van der Waals surface area contributed by atoms with E-state index in [0.29, 0.717) is 0 Å². The van der Waals surface area contributed by atoms with Gasteiger partial charge in [-0.25, -0.2) is 16.8 Å². The molecule has 5 rings (SSSR count). The molecule has 0 bridgehead atoms. The first-order chi connectivity index (χ1) is 19.7. The number of alkyl halides is 6. The molecule has 45 heavy (non-hydrogen) atoms. The van der Waals surface area contributed by atoms with Crippen molar-refractivity contribution in [3.8, 4) is 20.9 Å². The maximum Gasteiger partial charge on any atom is 1.00 e. The second-order valence-electron chi connectivity index (χ2n) is 9.59. The van der Waals surface area contributed by atoms with Gasteiger partial charge in [-0.1, -0.05) is 24.3 Å². The number of halogens is 6. The number of aryl methyl sites for hydroxylation is 2. The van der Waals surface area contributed by atoms with Crippen molar-refractivity contribution in [2.75, 3.05) is 0 Å². The molecule has 0 N–H and O–H groups in total. The maximum absolute atomic E-state index is 15.4. The van der Waals surface area contributed by atoms with E-state index < -0.39 is 70.1 Å². The zero-order chi connectivity index (χ0) is 31.9. The predicted octanol–water partition coefficient (Wildman–Crippen LogP) is 1.41. The number of rotatable bonds is 6. The van der Waals surface area contributed by atoms with E-state index in [2.05, 4.69) is 0 Å². The summed E-state index contributed by atoms with van der Waals surface area (Å²) >= 11 is 1.64. The molecule has 0 aliphatic heterocycles. The molecule has 0 atom stereocenters. The molecule has 2 heterocycles. The van der Waals surface area contributed by atoms with Crippen LogP contribution in [0.25, 0.3) is 32.0 Å². The van der Waals surface area contributed by atoms with E-state index in [4.69, 9.17) is 0 Å². The summed E-state index contributed by atoms with van der Waals surface area (Å²) in [6, 6.07) is 10.7. The average Bonchev–Trinajstić information content (AvgIpc) is 3.50. The first kappa shape index (κ1) is 38.4. The number of hydrogen-bond acceptors (Lipinski definition) is 8. The molecule has 0 amide bonds. The summed E-state index contributed by atoms with van der Waals surface area (Å²) in [4.78, 5) is -0.800. The summed E-state index contributed by atoms with van der Waals surface area (Å²) in [5, 5.41) is 0. The van der Waals surface area contributed by atoms with Crippen LogP contribution < -0.4 is 59.1 Å². The molecule has 2 aromatic heterocycles. The molecule has 1 aliphatic carbocycles. The van der Waals surface area contributed by atoms with Gasteiger partial charge >= 0.3 is 76.9 Å². The summed E-state index contributed by atoms with van der Waals surface area (Å²) in [5.41, 5.74) is -3.80. The van der Waals surface area contributed by atoms with Gasteiger partial charge in [0.2, 0.25) is 0 Å². The van der Waals surface area contributed by atoms with Crippen LogP contribution in [0.15, 0.2) is 70.5 Å². The van der Waals surface area contributed by atoms with Gasteiger partial charge in [0, 0.05) is 30.7 Å². The second-order valence-corrected chi connectivity index (χ2v) is 14.9. The fourth-order valence-corrected chi connectivity index (χ4v) is 7.75. The molecule has 4 aromatic rings. The number of thiophene rings is 2. The van der Waals surface area contributed by atoms with Crippen molar-refractivity contribution in [3.05, 3.63) is 81.5 Å². The Hall–Kier alpha value is -1.02. The first-order valence-electron chi connectivity index (χ1n) is 11.9. The topological polar surface area (TPSA) is 114 Å². The molecule has 6 nitrogen and oxygen atoms in total. The molecule has 0 spiro atoms. The van der Waals surface area contributed by atoms with Gasteiger partial charge in [-0.2, -0.15) is 26.3 Å². The van der Waals surface area contributed by atoms with Gasteiger partial charge in [0.1, 0.15) is 20.2 Å². The fourth-order valence-electron chi connectivity index (χ4n) is 4.75. The van der Waals surface area contributed by atoms with Crippen LogP contribution in [0.3, 0.4) is 0 Å². The molecule has 0 saturated carbocycles. The van der Waals surface area contributed by atoms with Crippen molar-refractivity contribution in [2.45, 2.75) is 41.4 Å². The first-order valence-corrected chi connectivity index (χ1v) is 16.4. The van der Waals surface area contributed by atoms with Gasteiger partial charge < -0.3 is 9.11 Å². The van der Waals surface area contributed by atoms with E-state index in [9.17, 15) is 34.7 Å². The fraction of sp³-hybridized carbons (Fsp3) is 0.185. The Morgan fingerprint density at radius 1 is 0.578 bits per heavy atom. The molecule has 228 valence electrons. The molecule has 2 aromatic carbocycles. The maximum atomic E-state index is 15.4. The molecule has 0 fully saturated rings. The van der Waals surface area contributed by atoms with E-state index in [-0.39, 0.29) is 89.8 Å². The standard InChI is InChI=1S/C27H18F6O6S4.2Na/c1-13-19(11-21(40-13)15-3-7-17(8-4-15)42(34,35)36)23-24(26(30,31)27(32,33)25(23,28)29)20-12-22(41-14(20)2)16-5-9-18(10-6-16)43(37,38)39;;/h3-12H,1-2H3,(H,34,35,36)(H,37,38,39);;/q;2*+1/p-2. The van der Waals surface area contributed by atoms with Crippen molar-refractivity contribution in [3.63, 3.8) is 0 Å². The summed E-state index contributed by atoms with van der Waals surface area (Å²) in [6.07, 6.45) is 0. The Morgan fingerprint density at radius 2 is 0.867 bits per heavy atom. The summed E-state index contributed by atoms with van der Waals surface area (Å²) in [7, 11) is -9.58. The van der Waals surface area contributed by atoms with Gasteiger partial charge in [-0.3, -0.25) is 0 Å². The monoisotopic (exact) mass is 724 g/mol. The van der Waals surface area contributed by atoms with Gasteiger partial charge in [-0.05, 0) is 72.5 Å². The summed E-state index contributed by atoms with van der Waals surface area (Å²) in [5.74, 6) is -16.4. The number of hydrogen-bond donors (Lipinski definition) is 0. The van der Waals surface area contributed by atoms with Crippen LogP contribution in [0.5, 0.6) is 0 Å². The van der Waals surface area contributed by atoms with Crippen LogP contribution in [-0.2, 0) is 20.2 Å². The van der Waals surface area contributed by atoms with Crippen LogP contribution in [-0.4, -0.2) is 43.7 Å². The normalized spacial score (nSPS) is 17.1. The zero-order valence-corrected chi connectivity index (χ0v) is 30.9. The minimum atomic E-state index is -5.80. The van der Waals surface area contributed by atoms with Gasteiger partial charge in [0.25, 0.3) is 0 Å². The van der Waals surface area contributed by atoms with Gasteiger partial charge in [0.05, 0.1) is 9.79 Å². The van der Waals surface area contributed by atoms with Crippen molar-refractivity contribution < 1.29 is 111 Å². The third-order valence-electron chi connectivity index (χ3n) is 6.90. The van der Waals surface area contributed by atoms with Crippen molar-refractivity contribution >= 4 is 54.1 Å². The number of allylic oxidation sites excluding steroid dienone is 2.